The van der Waals surface area contributed by atoms with Crippen molar-refractivity contribution in [2.24, 2.45) is 69.5 Å². The molecule has 0 aromatic rings. The summed E-state index contributed by atoms with van der Waals surface area (Å²) in [6, 6.07) is 0. The van der Waals surface area contributed by atoms with E-state index in [9.17, 15) is 14.4 Å². The van der Waals surface area contributed by atoms with Crippen LogP contribution in [0.4, 0.5) is 0 Å². The molecule has 0 saturated heterocycles. The largest absolute Gasteiger partial charge is 0.299 e. The van der Waals surface area contributed by atoms with Crippen molar-refractivity contribution in [3.8, 4) is 0 Å². The summed E-state index contributed by atoms with van der Waals surface area (Å²) < 4.78 is 0. The molecule has 3 heteroatoms. The molecule has 0 amide bonds. The number of carbonyl (C=O) groups excluding carboxylic acids is 3. The van der Waals surface area contributed by atoms with Crippen molar-refractivity contribution in [1.29, 1.82) is 0 Å². The Morgan fingerprint density at radius 3 is 2.19 bits per heavy atom. The first-order chi connectivity index (χ1) is 17.3. The number of rotatable bonds is 4. The van der Waals surface area contributed by atoms with E-state index in [4.69, 9.17) is 0 Å². The lowest BCUT2D eigenvalue weighted by Crippen LogP contribution is -2.68. The van der Waals surface area contributed by atoms with Crippen molar-refractivity contribution < 1.29 is 14.4 Å². The predicted octanol–water partition coefficient (Wildman–Crippen LogP) is 8.09. The Balaban J connectivity index is 1.45. The molecule has 0 radical (unpaired) electrons. The zero-order valence-corrected chi connectivity index (χ0v) is 24.9. The first-order valence-electron chi connectivity index (χ1n) is 15.9. The Hall–Kier alpha value is -0.990. The first kappa shape index (κ1) is 27.6. The summed E-state index contributed by atoms with van der Waals surface area (Å²) in [5, 5.41) is 0. The molecule has 5 saturated carbocycles. The molecule has 37 heavy (non-hydrogen) atoms. The molecule has 3 nitrogen and oxygen atoms in total. The van der Waals surface area contributed by atoms with Gasteiger partial charge in [-0.25, -0.2) is 0 Å². The number of carbonyl (C=O) groups is 3. The van der Waals surface area contributed by atoms with E-state index < -0.39 is 11.3 Å². The Bertz CT molecular complexity index is 931. The van der Waals surface area contributed by atoms with Crippen LogP contribution in [0.1, 0.15) is 126 Å². The van der Waals surface area contributed by atoms with Crippen LogP contribution in [0.2, 0.25) is 0 Å². The minimum Gasteiger partial charge on any atom is -0.299 e. The van der Waals surface area contributed by atoms with Crippen LogP contribution in [-0.4, -0.2) is 17.3 Å². The molecule has 0 heterocycles. The summed E-state index contributed by atoms with van der Waals surface area (Å²) in [7, 11) is 0. The minimum atomic E-state index is -0.610. The number of hydrogen-bond acceptors (Lipinski definition) is 3. The number of hydrogen-bond donors (Lipinski definition) is 0. The van der Waals surface area contributed by atoms with E-state index in [2.05, 4.69) is 41.5 Å². The molecule has 5 fully saturated rings. The highest BCUT2D eigenvalue weighted by atomic mass is 16.2. The molecule has 0 N–H and O–H groups in total. The summed E-state index contributed by atoms with van der Waals surface area (Å²) in [6.07, 6.45) is 15.2. The van der Waals surface area contributed by atoms with E-state index >= 15 is 0 Å². The molecule has 0 aromatic carbocycles. The van der Waals surface area contributed by atoms with Gasteiger partial charge in [0.15, 0.2) is 0 Å². The molecular formula is C34H54O3. The van der Waals surface area contributed by atoms with E-state index in [1.165, 1.54) is 57.8 Å². The zero-order chi connectivity index (χ0) is 26.9. The molecule has 5 aliphatic carbocycles. The second kappa shape index (κ2) is 9.58. The van der Waals surface area contributed by atoms with E-state index in [1.807, 2.05) is 0 Å². The Labute approximate surface area is 226 Å². The van der Waals surface area contributed by atoms with Gasteiger partial charge in [-0.2, -0.15) is 0 Å². The van der Waals surface area contributed by atoms with Gasteiger partial charge in [-0.1, -0.05) is 80.1 Å². The topological polar surface area (TPSA) is 51.2 Å². The normalized spacial score (nSPS) is 50.7. The van der Waals surface area contributed by atoms with E-state index in [1.54, 1.807) is 6.92 Å². The van der Waals surface area contributed by atoms with E-state index in [0.29, 0.717) is 23.5 Å². The lowest BCUT2D eigenvalue weighted by atomic mass is 9.34. The second-order valence-electron chi connectivity index (χ2n) is 15.7. The van der Waals surface area contributed by atoms with E-state index in [-0.39, 0.29) is 46.1 Å². The van der Waals surface area contributed by atoms with Crippen LogP contribution in [-0.2, 0) is 14.4 Å². The Kier molecular flexibility index (Phi) is 7.14. The van der Waals surface area contributed by atoms with Crippen molar-refractivity contribution in [1.82, 2.24) is 0 Å². The SMILES string of the molecule is CC(=O)C1C(=O)C2(C)C(C)C3C(=O)C4C(C)CCC(CCC5CCCCC5)C4CC3(C)CC2(C)CC1C. The standard InChI is InChI=1S/C34H54O3/c1-20-13-15-25(16-14-24-11-9-8-10-12-24)26-18-32(5)19-33(6)17-21(2)27(23(4)35)31(37)34(33,7)22(3)29(32)30(36)28(20)26/h20-22,24-29H,8-19H2,1-7H3. The highest BCUT2D eigenvalue weighted by Crippen LogP contribution is 2.71. The second-order valence-corrected chi connectivity index (χ2v) is 15.7. The van der Waals surface area contributed by atoms with Crippen LogP contribution in [0, 0.1) is 69.5 Å². The van der Waals surface area contributed by atoms with Crippen LogP contribution in [0.25, 0.3) is 0 Å². The van der Waals surface area contributed by atoms with Crippen LogP contribution in [0.5, 0.6) is 0 Å². The van der Waals surface area contributed by atoms with Crippen molar-refractivity contribution in [2.45, 2.75) is 126 Å². The van der Waals surface area contributed by atoms with Gasteiger partial charge in [-0.3, -0.25) is 14.4 Å². The first-order valence-corrected chi connectivity index (χ1v) is 15.9. The summed E-state index contributed by atoms with van der Waals surface area (Å²) >= 11 is 0. The highest BCUT2D eigenvalue weighted by Gasteiger charge is 2.70. The van der Waals surface area contributed by atoms with Gasteiger partial charge in [0, 0.05) is 17.3 Å². The van der Waals surface area contributed by atoms with Crippen molar-refractivity contribution in [3.63, 3.8) is 0 Å². The maximum absolute atomic E-state index is 14.6. The van der Waals surface area contributed by atoms with Crippen LogP contribution >= 0.6 is 0 Å². The van der Waals surface area contributed by atoms with Crippen molar-refractivity contribution >= 4 is 17.3 Å². The molecular weight excluding hydrogens is 456 g/mol. The maximum Gasteiger partial charge on any atom is 0.150 e. The average molecular weight is 511 g/mol. The molecule has 208 valence electrons. The minimum absolute atomic E-state index is 0.0121. The summed E-state index contributed by atoms with van der Waals surface area (Å²) in [5.74, 6) is 2.87. The molecule has 11 atom stereocenters. The van der Waals surface area contributed by atoms with Gasteiger partial charge in [0.1, 0.15) is 17.3 Å². The van der Waals surface area contributed by atoms with Crippen LogP contribution in [0.15, 0.2) is 0 Å². The van der Waals surface area contributed by atoms with Gasteiger partial charge in [-0.15, -0.1) is 0 Å². The molecule has 5 rings (SSSR count). The summed E-state index contributed by atoms with van der Waals surface area (Å²) in [6.45, 7) is 15.1. The Morgan fingerprint density at radius 2 is 1.54 bits per heavy atom. The summed E-state index contributed by atoms with van der Waals surface area (Å²) in [4.78, 5) is 41.4. The fraction of sp³-hybridized carbons (Fsp3) is 0.912. The lowest BCUT2D eigenvalue weighted by molar-refractivity contribution is -0.202. The monoisotopic (exact) mass is 510 g/mol. The molecule has 0 bridgehead atoms. The molecule has 0 aromatic heterocycles. The van der Waals surface area contributed by atoms with Gasteiger partial charge < -0.3 is 0 Å². The maximum atomic E-state index is 14.6. The fourth-order valence-corrected chi connectivity index (χ4v) is 11.7. The molecule has 0 spiro atoms. The average Bonchev–Trinajstić information content (AvgIpc) is 2.81. The molecule has 0 aliphatic heterocycles. The van der Waals surface area contributed by atoms with Gasteiger partial charge in [0.2, 0.25) is 0 Å². The van der Waals surface area contributed by atoms with Gasteiger partial charge in [0.05, 0.1) is 5.92 Å². The lowest BCUT2D eigenvalue weighted by Gasteiger charge is -2.68. The third-order valence-electron chi connectivity index (χ3n) is 13.5. The van der Waals surface area contributed by atoms with E-state index in [0.717, 1.165) is 25.2 Å². The molecule has 5 aliphatic rings. The van der Waals surface area contributed by atoms with Crippen LogP contribution < -0.4 is 0 Å². The van der Waals surface area contributed by atoms with Gasteiger partial charge >= 0.3 is 0 Å². The number of Topliss-reactive ketones (excluding diaryl/α,β-unsaturated/α-hetero) is 3. The molecule has 11 unspecified atom stereocenters. The summed E-state index contributed by atoms with van der Waals surface area (Å²) in [5.41, 5.74) is -0.818. The quantitative estimate of drug-likeness (QED) is 0.359. The number of ketones is 3. The van der Waals surface area contributed by atoms with Crippen LogP contribution in [0.3, 0.4) is 0 Å². The zero-order valence-electron chi connectivity index (χ0n) is 24.9. The fourth-order valence-electron chi connectivity index (χ4n) is 11.7. The Morgan fingerprint density at radius 1 is 0.865 bits per heavy atom. The highest BCUT2D eigenvalue weighted by molar-refractivity contribution is 6.05. The smallest absolute Gasteiger partial charge is 0.150 e. The third-order valence-corrected chi connectivity index (χ3v) is 13.5. The van der Waals surface area contributed by atoms with Gasteiger partial charge in [-0.05, 0) is 91.8 Å². The van der Waals surface area contributed by atoms with Gasteiger partial charge in [0.25, 0.3) is 0 Å². The predicted molar refractivity (Wildman–Crippen MR) is 149 cm³/mol. The third kappa shape index (κ3) is 4.14. The number of fused-ring (bicyclic) bond motifs is 3. The van der Waals surface area contributed by atoms with Crippen molar-refractivity contribution in [2.75, 3.05) is 0 Å². The van der Waals surface area contributed by atoms with Crippen molar-refractivity contribution in [3.05, 3.63) is 0 Å².